The lowest BCUT2D eigenvalue weighted by atomic mass is 10.2. The third-order valence-electron chi connectivity index (χ3n) is 2.51. The zero-order valence-corrected chi connectivity index (χ0v) is 9.45. The van der Waals surface area contributed by atoms with Gasteiger partial charge in [0, 0.05) is 19.3 Å². The smallest absolute Gasteiger partial charge is 0.0521 e. The van der Waals surface area contributed by atoms with Crippen LogP contribution in [0.1, 0.15) is 32.3 Å². The van der Waals surface area contributed by atoms with Gasteiger partial charge in [0.25, 0.3) is 0 Å². The monoisotopic (exact) mass is 195 g/mol. The molecule has 1 unspecified atom stereocenters. The molecule has 0 aromatic carbocycles. The van der Waals surface area contributed by atoms with E-state index in [9.17, 15) is 0 Å². The van der Waals surface area contributed by atoms with Crippen LogP contribution < -0.4 is 5.32 Å². The molecule has 1 aromatic rings. The molecule has 3 heteroatoms. The van der Waals surface area contributed by atoms with Gasteiger partial charge in [0.1, 0.15) is 0 Å². The van der Waals surface area contributed by atoms with Crippen molar-refractivity contribution < 1.29 is 0 Å². The lowest BCUT2D eigenvalue weighted by Gasteiger charge is -2.09. The van der Waals surface area contributed by atoms with Gasteiger partial charge in [-0.1, -0.05) is 6.92 Å². The molecule has 1 heterocycles. The Bertz CT molecular complexity index is 255. The molecule has 0 bridgehead atoms. The normalized spacial score (nSPS) is 13.1. The third-order valence-corrected chi connectivity index (χ3v) is 2.51. The number of hydrogen-bond acceptors (Lipinski definition) is 2. The van der Waals surface area contributed by atoms with Crippen LogP contribution in [0, 0.1) is 0 Å². The van der Waals surface area contributed by atoms with Gasteiger partial charge in [-0.05, 0) is 38.3 Å². The topological polar surface area (TPSA) is 29.9 Å². The molecular formula is C11H21N3. The molecule has 0 amide bonds. The fourth-order valence-corrected chi connectivity index (χ4v) is 1.39. The molecular weight excluding hydrogens is 174 g/mol. The fraction of sp³-hybridized carbons (Fsp3) is 0.727. The largest absolute Gasteiger partial charge is 0.314 e. The summed E-state index contributed by atoms with van der Waals surface area (Å²) in [5, 5.41) is 7.63. The van der Waals surface area contributed by atoms with E-state index in [1.807, 2.05) is 17.9 Å². The van der Waals surface area contributed by atoms with Gasteiger partial charge in [0.2, 0.25) is 0 Å². The predicted octanol–water partition coefficient (Wildman–Crippen LogP) is 1.74. The molecule has 0 fully saturated rings. The van der Waals surface area contributed by atoms with Crippen LogP contribution in [0.25, 0.3) is 0 Å². The molecule has 0 radical (unpaired) electrons. The Morgan fingerprint density at radius 2 is 2.36 bits per heavy atom. The van der Waals surface area contributed by atoms with Crippen LogP contribution in [0.3, 0.4) is 0 Å². The highest BCUT2D eigenvalue weighted by atomic mass is 15.2. The number of nitrogens with one attached hydrogen (secondary N) is 1. The minimum Gasteiger partial charge on any atom is -0.314 e. The number of aromatic nitrogens is 2. The Balaban J connectivity index is 2.10. The van der Waals surface area contributed by atoms with Gasteiger partial charge in [-0.25, -0.2) is 0 Å². The first-order valence-corrected chi connectivity index (χ1v) is 5.43. The molecule has 14 heavy (non-hydrogen) atoms. The molecule has 1 N–H and O–H groups in total. The van der Waals surface area contributed by atoms with E-state index >= 15 is 0 Å². The van der Waals surface area contributed by atoms with Crippen molar-refractivity contribution >= 4 is 0 Å². The maximum Gasteiger partial charge on any atom is 0.0521 e. The molecule has 0 spiro atoms. The molecule has 0 aliphatic rings. The van der Waals surface area contributed by atoms with Gasteiger partial charge < -0.3 is 5.32 Å². The fourth-order valence-electron chi connectivity index (χ4n) is 1.39. The lowest BCUT2D eigenvalue weighted by Crippen LogP contribution is -2.26. The molecule has 3 nitrogen and oxygen atoms in total. The summed E-state index contributed by atoms with van der Waals surface area (Å²) in [6.45, 7) is 5.53. The molecule has 1 atom stereocenters. The standard InChI is InChI=1S/C11H21N3/c1-4-10(2)12-7-5-6-11-8-13-14(3)9-11/h8-10,12H,4-7H2,1-3H3. The number of hydrogen-bond donors (Lipinski definition) is 1. The average molecular weight is 195 g/mol. The molecule has 0 saturated heterocycles. The highest BCUT2D eigenvalue weighted by molar-refractivity contribution is 5.03. The third kappa shape index (κ3) is 3.92. The molecule has 0 aliphatic heterocycles. The SMILES string of the molecule is CCC(C)NCCCc1cnn(C)c1. The van der Waals surface area contributed by atoms with E-state index in [0.29, 0.717) is 6.04 Å². The minimum absolute atomic E-state index is 0.642. The first-order valence-electron chi connectivity index (χ1n) is 5.43. The van der Waals surface area contributed by atoms with Crippen LogP contribution in [-0.2, 0) is 13.5 Å². The van der Waals surface area contributed by atoms with Gasteiger partial charge in [-0.3, -0.25) is 4.68 Å². The molecule has 0 aliphatic carbocycles. The van der Waals surface area contributed by atoms with Crippen LogP contribution in [0.4, 0.5) is 0 Å². The summed E-state index contributed by atoms with van der Waals surface area (Å²) in [7, 11) is 1.96. The molecule has 1 rings (SSSR count). The quantitative estimate of drug-likeness (QED) is 0.701. The Morgan fingerprint density at radius 3 is 2.93 bits per heavy atom. The summed E-state index contributed by atoms with van der Waals surface area (Å²) < 4.78 is 1.86. The Morgan fingerprint density at radius 1 is 1.57 bits per heavy atom. The van der Waals surface area contributed by atoms with Crippen molar-refractivity contribution in [3.63, 3.8) is 0 Å². The van der Waals surface area contributed by atoms with E-state index in [2.05, 4.69) is 30.5 Å². The van der Waals surface area contributed by atoms with E-state index in [4.69, 9.17) is 0 Å². The summed E-state index contributed by atoms with van der Waals surface area (Å²) in [6, 6.07) is 0.642. The number of rotatable bonds is 6. The summed E-state index contributed by atoms with van der Waals surface area (Å²) in [6.07, 6.45) is 7.55. The summed E-state index contributed by atoms with van der Waals surface area (Å²) in [5.74, 6) is 0. The van der Waals surface area contributed by atoms with Crippen molar-refractivity contribution in [2.24, 2.45) is 7.05 Å². The Kier molecular flexibility index (Phi) is 4.66. The second-order valence-corrected chi connectivity index (χ2v) is 3.89. The van der Waals surface area contributed by atoms with Crippen molar-refractivity contribution in [2.45, 2.75) is 39.2 Å². The van der Waals surface area contributed by atoms with Gasteiger partial charge in [-0.15, -0.1) is 0 Å². The summed E-state index contributed by atoms with van der Waals surface area (Å²) in [5.41, 5.74) is 1.33. The van der Waals surface area contributed by atoms with Crippen molar-refractivity contribution in [3.8, 4) is 0 Å². The number of aryl methyl sites for hydroxylation is 2. The first kappa shape index (κ1) is 11.2. The zero-order valence-electron chi connectivity index (χ0n) is 9.45. The van der Waals surface area contributed by atoms with Crippen LogP contribution in [0.5, 0.6) is 0 Å². The van der Waals surface area contributed by atoms with Crippen LogP contribution >= 0.6 is 0 Å². The summed E-state index contributed by atoms with van der Waals surface area (Å²) >= 11 is 0. The Labute approximate surface area is 86.5 Å². The Hall–Kier alpha value is -0.830. The van der Waals surface area contributed by atoms with Crippen LogP contribution in [0.2, 0.25) is 0 Å². The van der Waals surface area contributed by atoms with Gasteiger partial charge in [0.15, 0.2) is 0 Å². The van der Waals surface area contributed by atoms with E-state index in [0.717, 1.165) is 13.0 Å². The van der Waals surface area contributed by atoms with E-state index in [1.165, 1.54) is 18.4 Å². The van der Waals surface area contributed by atoms with Crippen molar-refractivity contribution in [1.29, 1.82) is 0 Å². The van der Waals surface area contributed by atoms with Gasteiger partial charge >= 0.3 is 0 Å². The lowest BCUT2D eigenvalue weighted by molar-refractivity contribution is 0.524. The molecule has 0 saturated carbocycles. The van der Waals surface area contributed by atoms with Crippen molar-refractivity contribution in [3.05, 3.63) is 18.0 Å². The predicted molar refractivity (Wildman–Crippen MR) is 59.3 cm³/mol. The molecule has 80 valence electrons. The van der Waals surface area contributed by atoms with Gasteiger partial charge in [0.05, 0.1) is 6.20 Å². The van der Waals surface area contributed by atoms with Crippen molar-refractivity contribution in [1.82, 2.24) is 15.1 Å². The van der Waals surface area contributed by atoms with Gasteiger partial charge in [-0.2, -0.15) is 5.10 Å². The van der Waals surface area contributed by atoms with E-state index < -0.39 is 0 Å². The maximum atomic E-state index is 4.14. The van der Waals surface area contributed by atoms with E-state index in [-0.39, 0.29) is 0 Å². The van der Waals surface area contributed by atoms with Crippen molar-refractivity contribution in [2.75, 3.05) is 6.54 Å². The summed E-state index contributed by atoms with van der Waals surface area (Å²) in [4.78, 5) is 0. The highest BCUT2D eigenvalue weighted by Gasteiger charge is 1.98. The molecule has 1 aromatic heterocycles. The first-order chi connectivity index (χ1) is 6.72. The van der Waals surface area contributed by atoms with E-state index in [1.54, 1.807) is 0 Å². The second-order valence-electron chi connectivity index (χ2n) is 3.89. The minimum atomic E-state index is 0.642. The van der Waals surface area contributed by atoms with Crippen LogP contribution in [0.15, 0.2) is 12.4 Å². The number of nitrogens with zero attached hydrogens (tertiary/aromatic N) is 2. The van der Waals surface area contributed by atoms with Crippen LogP contribution in [-0.4, -0.2) is 22.4 Å². The second kappa shape index (κ2) is 5.81. The average Bonchev–Trinajstić information content (AvgIpc) is 2.58. The zero-order chi connectivity index (χ0) is 10.4. The highest BCUT2D eigenvalue weighted by Crippen LogP contribution is 2.00. The maximum absolute atomic E-state index is 4.14.